The molecule has 0 bridgehead atoms. The third-order valence-corrected chi connectivity index (χ3v) is 6.38. The minimum atomic E-state index is -0.741. The van der Waals surface area contributed by atoms with Crippen molar-refractivity contribution in [2.45, 2.75) is 32.5 Å². The van der Waals surface area contributed by atoms with E-state index in [0.717, 1.165) is 23.2 Å². The monoisotopic (exact) mass is 459 g/mol. The molecule has 6 nitrogen and oxygen atoms in total. The van der Waals surface area contributed by atoms with Crippen molar-refractivity contribution in [1.82, 2.24) is 9.13 Å². The standard InChI is InChI=1S/C26H22ClN3O3/c1-17-13-19-9-5-6-10-21(19)30(17)24(31)16-29-23-14-20(27)11-12-22(23)28(25(32)26(29)33)15-18-7-3-2-4-8-18/h2-12,14,17H,13,15-16H2,1H3. The molecule has 166 valence electrons. The van der Waals surface area contributed by atoms with Crippen LogP contribution in [0.15, 0.2) is 82.4 Å². The Morgan fingerprint density at radius 3 is 2.39 bits per heavy atom. The summed E-state index contributed by atoms with van der Waals surface area (Å²) in [7, 11) is 0. The van der Waals surface area contributed by atoms with Crippen molar-refractivity contribution in [3.63, 3.8) is 0 Å². The number of amides is 1. The van der Waals surface area contributed by atoms with Crippen molar-refractivity contribution < 1.29 is 4.79 Å². The number of carbonyl (C=O) groups excluding carboxylic acids is 1. The molecule has 0 saturated heterocycles. The van der Waals surface area contributed by atoms with Gasteiger partial charge in [-0.05, 0) is 48.7 Å². The molecule has 2 heterocycles. The summed E-state index contributed by atoms with van der Waals surface area (Å²) in [5.41, 5.74) is 2.43. The summed E-state index contributed by atoms with van der Waals surface area (Å²) in [6.45, 7) is 1.99. The average molecular weight is 460 g/mol. The molecule has 5 rings (SSSR count). The Hall–Kier alpha value is -3.64. The number of anilines is 1. The van der Waals surface area contributed by atoms with Gasteiger partial charge in [0.1, 0.15) is 6.54 Å². The highest BCUT2D eigenvalue weighted by Crippen LogP contribution is 2.32. The summed E-state index contributed by atoms with van der Waals surface area (Å²) in [4.78, 5) is 41.4. The van der Waals surface area contributed by atoms with Gasteiger partial charge < -0.3 is 4.90 Å². The lowest BCUT2D eigenvalue weighted by atomic mass is 10.1. The van der Waals surface area contributed by atoms with Gasteiger partial charge in [0.05, 0.1) is 17.6 Å². The molecule has 1 atom stereocenters. The van der Waals surface area contributed by atoms with Crippen LogP contribution in [-0.4, -0.2) is 21.1 Å². The van der Waals surface area contributed by atoms with Crippen molar-refractivity contribution in [1.29, 1.82) is 0 Å². The van der Waals surface area contributed by atoms with Gasteiger partial charge in [-0.15, -0.1) is 0 Å². The molecule has 33 heavy (non-hydrogen) atoms. The first kappa shape index (κ1) is 21.2. The molecular weight excluding hydrogens is 438 g/mol. The zero-order chi connectivity index (χ0) is 23.1. The maximum Gasteiger partial charge on any atom is 0.317 e. The third kappa shape index (κ3) is 3.76. The number of hydrogen-bond donors (Lipinski definition) is 0. The van der Waals surface area contributed by atoms with E-state index in [2.05, 4.69) is 0 Å². The highest BCUT2D eigenvalue weighted by Gasteiger charge is 2.31. The first-order chi connectivity index (χ1) is 15.9. The summed E-state index contributed by atoms with van der Waals surface area (Å²) >= 11 is 6.25. The normalized spacial score (nSPS) is 15.1. The molecule has 0 saturated carbocycles. The Balaban J connectivity index is 1.61. The summed E-state index contributed by atoms with van der Waals surface area (Å²) < 4.78 is 2.69. The smallest absolute Gasteiger partial charge is 0.307 e. The van der Waals surface area contributed by atoms with Gasteiger partial charge in [-0.2, -0.15) is 0 Å². The Morgan fingerprint density at radius 1 is 0.909 bits per heavy atom. The lowest BCUT2D eigenvalue weighted by Gasteiger charge is -2.24. The number of halogens is 1. The van der Waals surface area contributed by atoms with Crippen LogP contribution in [0.25, 0.3) is 11.0 Å². The second kappa shape index (κ2) is 8.37. The summed E-state index contributed by atoms with van der Waals surface area (Å²) in [6, 6.07) is 22.2. The topological polar surface area (TPSA) is 64.3 Å². The Kier molecular flexibility index (Phi) is 5.38. The summed E-state index contributed by atoms with van der Waals surface area (Å²) in [6.07, 6.45) is 0.752. The molecular formula is C26H22ClN3O3. The number of para-hydroxylation sites is 1. The minimum absolute atomic E-state index is 0.0288. The highest BCUT2D eigenvalue weighted by molar-refractivity contribution is 6.31. The minimum Gasteiger partial charge on any atom is -0.307 e. The van der Waals surface area contributed by atoms with Crippen LogP contribution in [0.5, 0.6) is 0 Å². The lowest BCUT2D eigenvalue weighted by molar-refractivity contribution is -0.119. The molecule has 0 radical (unpaired) electrons. The highest BCUT2D eigenvalue weighted by atomic mass is 35.5. The summed E-state index contributed by atoms with van der Waals surface area (Å²) in [5, 5.41) is 0.424. The van der Waals surface area contributed by atoms with E-state index in [0.29, 0.717) is 16.1 Å². The molecule has 0 fully saturated rings. The molecule has 3 aromatic carbocycles. The van der Waals surface area contributed by atoms with Crippen molar-refractivity contribution in [2.75, 3.05) is 4.90 Å². The second-order valence-electron chi connectivity index (χ2n) is 8.35. The Morgan fingerprint density at radius 2 is 1.61 bits per heavy atom. The van der Waals surface area contributed by atoms with E-state index in [1.807, 2.05) is 61.5 Å². The van der Waals surface area contributed by atoms with Crippen LogP contribution in [0.4, 0.5) is 5.69 Å². The summed E-state index contributed by atoms with van der Waals surface area (Å²) in [5.74, 6) is -0.240. The van der Waals surface area contributed by atoms with E-state index >= 15 is 0 Å². The molecule has 4 aromatic rings. The van der Waals surface area contributed by atoms with E-state index < -0.39 is 11.1 Å². The van der Waals surface area contributed by atoms with Gasteiger partial charge in [0.25, 0.3) is 0 Å². The third-order valence-electron chi connectivity index (χ3n) is 6.15. The molecule has 1 aromatic heterocycles. The zero-order valence-corrected chi connectivity index (χ0v) is 18.8. The maximum absolute atomic E-state index is 13.4. The fraction of sp³-hybridized carbons (Fsp3) is 0.192. The van der Waals surface area contributed by atoms with Crippen LogP contribution >= 0.6 is 11.6 Å². The van der Waals surface area contributed by atoms with Crippen LogP contribution in [0.2, 0.25) is 5.02 Å². The molecule has 1 aliphatic heterocycles. The van der Waals surface area contributed by atoms with Crippen molar-refractivity contribution in [3.05, 3.63) is 110 Å². The van der Waals surface area contributed by atoms with Gasteiger partial charge >= 0.3 is 11.1 Å². The van der Waals surface area contributed by atoms with E-state index in [1.54, 1.807) is 23.1 Å². The largest absolute Gasteiger partial charge is 0.317 e. The van der Waals surface area contributed by atoms with Crippen LogP contribution < -0.4 is 16.0 Å². The van der Waals surface area contributed by atoms with Crippen molar-refractivity contribution in [2.24, 2.45) is 0 Å². The van der Waals surface area contributed by atoms with Crippen LogP contribution in [0.3, 0.4) is 0 Å². The van der Waals surface area contributed by atoms with Gasteiger partial charge in [-0.1, -0.05) is 60.1 Å². The molecule has 0 aliphatic carbocycles. The number of aromatic nitrogens is 2. The first-order valence-electron chi connectivity index (χ1n) is 10.8. The van der Waals surface area contributed by atoms with Gasteiger partial charge in [-0.3, -0.25) is 23.5 Å². The molecule has 1 amide bonds. The lowest BCUT2D eigenvalue weighted by Crippen LogP contribution is -2.45. The number of nitrogens with zero attached hydrogens (tertiary/aromatic N) is 3. The first-order valence-corrected chi connectivity index (χ1v) is 11.2. The van der Waals surface area contributed by atoms with Gasteiger partial charge in [0.2, 0.25) is 5.91 Å². The quantitative estimate of drug-likeness (QED) is 0.435. The fourth-order valence-electron chi connectivity index (χ4n) is 4.63. The number of fused-ring (bicyclic) bond motifs is 2. The predicted molar refractivity (Wildman–Crippen MR) is 130 cm³/mol. The van der Waals surface area contributed by atoms with E-state index in [-0.39, 0.29) is 25.0 Å². The Labute approximate surface area is 195 Å². The Bertz CT molecular complexity index is 1490. The van der Waals surface area contributed by atoms with Crippen molar-refractivity contribution in [3.8, 4) is 0 Å². The fourth-order valence-corrected chi connectivity index (χ4v) is 4.79. The number of rotatable bonds is 4. The second-order valence-corrected chi connectivity index (χ2v) is 8.78. The molecule has 1 unspecified atom stereocenters. The van der Waals surface area contributed by atoms with E-state index in [4.69, 9.17) is 11.6 Å². The zero-order valence-electron chi connectivity index (χ0n) is 18.1. The number of carbonyl (C=O) groups is 1. The van der Waals surface area contributed by atoms with Crippen LogP contribution in [0, 0.1) is 0 Å². The van der Waals surface area contributed by atoms with Gasteiger partial charge in [0, 0.05) is 16.8 Å². The predicted octanol–water partition coefficient (Wildman–Crippen LogP) is 3.84. The number of benzene rings is 3. The van der Waals surface area contributed by atoms with Crippen molar-refractivity contribution >= 4 is 34.2 Å². The molecule has 0 spiro atoms. The molecule has 0 N–H and O–H groups in total. The van der Waals surface area contributed by atoms with Crippen LogP contribution in [0.1, 0.15) is 18.1 Å². The maximum atomic E-state index is 13.4. The SMILES string of the molecule is CC1Cc2ccccc2N1C(=O)Cn1c(=O)c(=O)n(Cc2ccccc2)c2ccc(Cl)cc21. The molecule has 1 aliphatic rings. The van der Waals surface area contributed by atoms with E-state index in [9.17, 15) is 14.4 Å². The van der Waals surface area contributed by atoms with Gasteiger partial charge in [0.15, 0.2) is 0 Å². The number of hydrogen-bond acceptors (Lipinski definition) is 3. The molecule has 7 heteroatoms. The average Bonchev–Trinajstić information content (AvgIpc) is 3.16. The van der Waals surface area contributed by atoms with Gasteiger partial charge in [-0.25, -0.2) is 0 Å². The van der Waals surface area contributed by atoms with E-state index in [1.165, 1.54) is 9.13 Å². The van der Waals surface area contributed by atoms with Crippen LogP contribution in [-0.2, 0) is 24.3 Å².